The summed E-state index contributed by atoms with van der Waals surface area (Å²) in [6, 6.07) is 14.1. The number of benzene rings is 2. The van der Waals surface area contributed by atoms with Crippen LogP contribution >= 0.6 is 0 Å². The van der Waals surface area contributed by atoms with E-state index in [4.69, 9.17) is 0 Å². The molecule has 0 radical (unpaired) electrons. The number of hydrogen-bond donors (Lipinski definition) is 2. The lowest BCUT2D eigenvalue weighted by atomic mass is 10.1. The Hall–Kier alpha value is -3.81. The third kappa shape index (κ3) is 2.65. The van der Waals surface area contributed by atoms with Crippen LogP contribution in [0, 0.1) is 0 Å². The molecule has 0 saturated heterocycles. The lowest BCUT2D eigenvalue weighted by Gasteiger charge is -2.10. The number of imidazole rings is 1. The van der Waals surface area contributed by atoms with Gasteiger partial charge in [-0.25, -0.2) is 9.97 Å². The third-order valence-corrected chi connectivity index (χ3v) is 3.71. The predicted octanol–water partition coefficient (Wildman–Crippen LogP) is 2.10. The molecular weight excluding hydrogens is 320 g/mol. The highest BCUT2D eigenvalue weighted by atomic mass is 16.2. The quantitative estimate of drug-likeness (QED) is 0.597. The van der Waals surface area contributed by atoms with Gasteiger partial charge in [0.05, 0.1) is 22.3 Å². The van der Waals surface area contributed by atoms with Gasteiger partial charge in [-0.1, -0.05) is 24.3 Å². The summed E-state index contributed by atoms with van der Waals surface area (Å²) in [6.45, 7) is 0. The molecule has 0 aliphatic rings. The van der Waals surface area contributed by atoms with E-state index in [1.54, 1.807) is 24.3 Å². The Bertz CT molecular complexity index is 1070. The van der Waals surface area contributed by atoms with Gasteiger partial charge in [0.2, 0.25) is 5.82 Å². The summed E-state index contributed by atoms with van der Waals surface area (Å²) < 4.78 is 1.45. The Morgan fingerprint density at radius 1 is 1.00 bits per heavy atom. The Kier molecular flexibility index (Phi) is 3.55. The molecule has 25 heavy (non-hydrogen) atoms. The fraction of sp³-hybridized carbons (Fsp3) is 0. The topological polar surface area (TPSA) is 106 Å². The number of fused-ring (bicyclic) bond motifs is 1. The lowest BCUT2D eigenvalue weighted by Crippen LogP contribution is -2.18. The maximum absolute atomic E-state index is 12.9. The zero-order valence-corrected chi connectivity index (χ0v) is 12.9. The van der Waals surface area contributed by atoms with Crippen molar-refractivity contribution in [3.05, 3.63) is 72.6 Å². The van der Waals surface area contributed by atoms with E-state index in [2.05, 4.69) is 25.5 Å². The molecule has 0 unspecified atom stereocenters. The molecule has 2 aromatic heterocycles. The van der Waals surface area contributed by atoms with Crippen LogP contribution in [-0.4, -0.2) is 36.5 Å². The number of hydrogen-bond acceptors (Lipinski definition) is 5. The van der Waals surface area contributed by atoms with Gasteiger partial charge in [0.25, 0.3) is 11.8 Å². The Balaban J connectivity index is 1.71. The molecule has 122 valence electrons. The van der Waals surface area contributed by atoms with Crippen molar-refractivity contribution >= 4 is 28.5 Å². The zero-order valence-electron chi connectivity index (χ0n) is 12.9. The van der Waals surface area contributed by atoms with Crippen LogP contribution in [0.15, 0.2) is 61.2 Å². The zero-order chi connectivity index (χ0) is 17.2. The minimum atomic E-state index is -0.478. The molecule has 0 spiro atoms. The molecule has 4 aromatic rings. The second-order valence-corrected chi connectivity index (χ2v) is 5.24. The number of amides is 1. The number of anilines is 1. The van der Waals surface area contributed by atoms with Gasteiger partial charge in [0, 0.05) is 0 Å². The van der Waals surface area contributed by atoms with E-state index >= 15 is 0 Å². The Morgan fingerprint density at radius 2 is 1.80 bits per heavy atom. The summed E-state index contributed by atoms with van der Waals surface area (Å²) in [5, 5.41) is 8.80. The number of carbonyl (C=O) groups excluding carboxylic acids is 2. The van der Waals surface area contributed by atoms with Gasteiger partial charge in [0.15, 0.2) is 0 Å². The van der Waals surface area contributed by atoms with E-state index in [0.29, 0.717) is 16.8 Å². The van der Waals surface area contributed by atoms with Crippen molar-refractivity contribution in [3.8, 4) is 0 Å². The van der Waals surface area contributed by atoms with Crippen molar-refractivity contribution in [2.45, 2.75) is 0 Å². The Morgan fingerprint density at radius 3 is 2.64 bits per heavy atom. The summed E-state index contributed by atoms with van der Waals surface area (Å²) in [7, 11) is 0. The highest BCUT2D eigenvalue weighted by molar-refractivity contribution is 6.09. The summed E-state index contributed by atoms with van der Waals surface area (Å²) in [6.07, 6.45) is 2.71. The van der Waals surface area contributed by atoms with E-state index in [-0.39, 0.29) is 11.7 Å². The van der Waals surface area contributed by atoms with Crippen molar-refractivity contribution in [1.82, 2.24) is 24.7 Å². The van der Waals surface area contributed by atoms with Gasteiger partial charge >= 0.3 is 0 Å². The molecule has 2 heterocycles. The van der Waals surface area contributed by atoms with Gasteiger partial charge < -0.3 is 5.32 Å². The minimum absolute atomic E-state index is 0.0651. The van der Waals surface area contributed by atoms with Crippen LogP contribution in [-0.2, 0) is 0 Å². The van der Waals surface area contributed by atoms with Gasteiger partial charge in [-0.05, 0) is 24.3 Å². The van der Waals surface area contributed by atoms with Gasteiger partial charge in [0.1, 0.15) is 12.7 Å². The Labute approximate surface area is 141 Å². The molecule has 0 aliphatic carbocycles. The molecule has 4 rings (SSSR count). The smallest absolute Gasteiger partial charge is 0.293 e. The van der Waals surface area contributed by atoms with Crippen LogP contribution in [0.1, 0.15) is 21.0 Å². The normalized spacial score (nSPS) is 10.7. The van der Waals surface area contributed by atoms with Crippen molar-refractivity contribution in [2.75, 3.05) is 5.32 Å². The van der Waals surface area contributed by atoms with E-state index in [1.807, 2.05) is 24.3 Å². The average molecular weight is 332 g/mol. The molecular formula is C17H12N6O2. The standard InChI is InChI=1S/C17H12N6O2/c24-16(15-18-9-20-22-15)21-12-6-2-1-5-11(12)17(25)23-10-19-13-7-3-4-8-14(13)23/h1-10H,(H,21,24)(H,18,20,22). The molecule has 8 heteroatoms. The number of H-pyrrole nitrogens is 1. The van der Waals surface area contributed by atoms with Crippen molar-refractivity contribution in [1.29, 1.82) is 0 Å². The predicted molar refractivity (Wildman–Crippen MR) is 90.2 cm³/mol. The summed E-state index contributed by atoms with van der Waals surface area (Å²) in [4.78, 5) is 33.1. The van der Waals surface area contributed by atoms with Gasteiger partial charge in [-0.3, -0.25) is 19.3 Å². The number of rotatable bonds is 3. The SMILES string of the molecule is O=C(Nc1ccccc1C(=O)n1cnc2ccccc21)c1ncn[nH]1. The van der Waals surface area contributed by atoms with E-state index in [0.717, 1.165) is 5.52 Å². The first-order chi connectivity index (χ1) is 12.2. The van der Waals surface area contributed by atoms with Crippen LogP contribution in [0.3, 0.4) is 0 Å². The first kappa shape index (κ1) is 14.8. The first-order valence-corrected chi connectivity index (χ1v) is 7.46. The summed E-state index contributed by atoms with van der Waals surface area (Å²) in [5.74, 6) is -0.703. The summed E-state index contributed by atoms with van der Waals surface area (Å²) >= 11 is 0. The molecule has 2 aromatic carbocycles. The fourth-order valence-electron chi connectivity index (χ4n) is 2.53. The van der Waals surface area contributed by atoms with Crippen molar-refractivity contribution < 1.29 is 9.59 Å². The average Bonchev–Trinajstić information content (AvgIpc) is 3.31. The van der Waals surface area contributed by atoms with Crippen LogP contribution in [0.4, 0.5) is 5.69 Å². The van der Waals surface area contributed by atoms with Gasteiger partial charge in [-0.2, -0.15) is 5.10 Å². The number of para-hydroxylation sites is 3. The lowest BCUT2D eigenvalue weighted by molar-refractivity contribution is 0.0965. The van der Waals surface area contributed by atoms with Gasteiger partial charge in [-0.15, -0.1) is 0 Å². The molecule has 0 atom stereocenters. The monoisotopic (exact) mass is 332 g/mol. The van der Waals surface area contributed by atoms with Crippen LogP contribution < -0.4 is 5.32 Å². The molecule has 0 fully saturated rings. The number of nitrogens with zero attached hydrogens (tertiary/aromatic N) is 4. The molecule has 8 nitrogen and oxygen atoms in total. The molecule has 0 saturated carbocycles. The molecule has 0 bridgehead atoms. The second-order valence-electron chi connectivity index (χ2n) is 5.24. The summed E-state index contributed by atoms with van der Waals surface area (Å²) in [5.41, 5.74) is 2.15. The maximum atomic E-state index is 12.9. The van der Waals surface area contributed by atoms with Crippen LogP contribution in [0.2, 0.25) is 0 Å². The van der Waals surface area contributed by atoms with Crippen LogP contribution in [0.25, 0.3) is 11.0 Å². The highest BCUT2D eigenvalue weighted by Crippen LogP contribution is 2.20. The highest BCUT2D eigenvalue weighted by Gasteiger charge is 2.18. The van der Waals surface area contributed by atoms with E-state index in [1.165, 1.54) is 17.2 Å². The van der Waals surface area contributed by atoms with Crippen molar-refractivity contribution in [3.63, 3.8) is 0 Å². The molecule has 2 N–H and O–H groups in total. The van der Waals surface area contributed by atoms with Crippen molar-refractivity contribution in [2.24, 2.45) is 0 Å². The molecule has 0 aliphatic heterocycles. The van der Waals surface area contributed by atoms with E-state index in [9.17, 15) is 9.59 Å². The number of carbonyl (C=O) groups is 2. The van der Waals surface area contributed by atoms with Crippen LogP contribution in [0.5, 0.6) is 0 Å². The first-order valence-electron chi connectivity index (χ1n) is 7.46. The number of aromatic amines is 1. The van der Waals surface area contributed by atoms with E-state index < -0.39 is 5.91 Å². The largest absolute Gasteiger partial charge is 0.319 e. The number of nitrogens with one attached hydrogen (secondary N) is 2. The molecule has 1 amide bonds. The second kappa shape index (κ2) is 6.00. The number of aromatic nitrogens is 5. The maximum Gasteiger partial charge on any atom is 0.293 e. The minimum Gasteiger partial charge on any atom is -0.319 e. The third-order valence-electron chi connectivity index (χ3n) is 3.71. The fourth-order valence-corrected chi connectivity index (χ4v) is 2.53.